The van der Waals surface area contributed by atoms with Gasteiger partial charge in [0.05, 0.1) is 5.25 Å². The maximum Gasteiger partial charge on any atom is 0.356 e. The summed E-state index contributed by atoms with van der Waals surface area (Å²) in [5.74, 6) is 0.830. The Morgan fingerprint density at radius 1 is 1.37 bits per heavy atom. The number of Topliss-reactive ketones (excluding diaryl/α,β-unsaturated/α-hetero) is 1. The number of nitrogens with zero attached hydrogens (tertiary/aromatic N) is 1. The van der Waals surface area contributed by atoms with Gasteiger partial charge in [-0.2, -0.15) is 11.8 Å². The number of thiazole rings is 1. The van der Waals surface area contributed by atoms with Gasteiger partial charge in [-0.1, -0.05) is 6.92 Å². The highest BCUT2D eigenvalue weighted by Gasteiger charge is 2.31. The predicted octanol–water partition coefficient (Wildman–Crippen LogP) is 3.34. The summed E-state index contributed by atoms with van der Waals surface area (Å²) < 4.78 is 0. The zero-order valence-corrected chi connectivity index (χ0v) is 13.2. The molecule has 1 fully saturated rings. The van der Waals surface area contributed by atoms with E-state index in [-0.39, 0.29) is 21.6 Å². The van der Waals surface area contributed by atoms with Crippen LogP contribution in [0.4, 0.5) is 0 Å². The van der Waals surface area contributed by atoms with E-state index < -0.39 is 5.97 Å². The van der Waals surface area contributed by atoms with Crippen molar-refractivity contribution in [2.45, 2.75) is 30.8 Å². The van der Waals surface area contributed by atoms with Crippen LogP contribution in [0.25, 0.3) is 0 Å². The van der Waals surface area contributed by atoms with Gasteiger partial charge in [0.2, 0.25) is 0 Å². The van der Waals surface area contributed by atoms with Crippen molar-refractivity contribution in [3.63, 3.8) is 0 Å². The number of hydrogen-bond donors (Lipinski definition) is 1. The van der Waals surface area contributed by atoms with E-state index in [9.17, 15) is 9.59 Å². The first-order valence-corrected chi connectivity index (χ1v) is 8.94. The highest BCUT2D eigenvalue weighted by Crippen LogP contribution is 2.45. The molecular weight excluding hydrogens is 302 g/mol. The van der Waals surface area contributed by atoms with Gasteiger partial charge >= 0.3 is 5.97 Å². The summed E-state index contributed by atoms with van der Waals surface area (Å²) in [5, 5.41) is 10.6. The van der Waals surface area contributed by atoms with Gasteiger partial charge in [0, 0.05) is 23.7 Å². The number of carboxylic acid groups (broad SMARTS) is 1. The van der Waals surface area contributed by atoms with Crippen LogP contribution in [0.2, 0.25) is 0 Å². The number of hydrogen-bond acceptors (Lipinski definition) is 6. The Balaban J connectivity index is 2.36. The number of carbonyl (C=O) groups is 2. The number of carboxylic acids is 1. The molecular formula is C12H15NO3S3. The quantitative estimate of drug-likeness (QED) is 0.859. The predicted molar refractivity (Wildman–Crippen MR) is 80.8 cm³/mol. The zero-order chi connectivity index (χ0) is 14.0. The highest BCUT2D eigenvalue weighted by molar-refractivity contribution is 8.06. The van der Waals surface area contributed by atoms with E-state index in [2.05, 4.69) is 11.9 Å². The first kappa shape index (κ1) is 14.9. The molecule has 2 heterocycles. The van der Waals surface area contributed by atoms with Gasteiger partial charge in [-0.15, -0.1) is 23.1 Å². The summed E-state index contributed by atoms with van der Waals surface area (Å²) in [7, 11) is 0. The van der Waals surface area contributed by atoms with Gasteiger partial charge in [0.25, 0.3) is 0 Å². The van der Waals surface area contributed by atoms with Gasteiger partial charge in [-0.05, 0) is 6.42 Å². The van der Waals surface area contributed by atoms with E-state index in [4.69, 9.17) is 5.11 Å². The fourth-order valence-corrected chi connectivity index (χ4v) is 6.35. The summed E-state index contributed by atoms with van der Waals surface area (Å²) in [6, 6.07) is 0. The van der Waals surface area contributed by atoms with Gasteiger partial charge in [0.1, 0.15) is 9.88 Å². The molecule has 1 saturated heterocycles. The van der Waals surface area contributed by atoms with Crippen molar-refractivity contribution in [1.29, 1.82) is 0 Å². The fraction of sp³-hybridized carbons (Fsp3) is 0.583. The van der Waals surface area contributed by atoms with Gasteiger partial charge in [-0.25, -0.2) is 9.78 Å². The van der Waals surface area contributed by atoms with E-state index in [0.717, 1.165) is 22.9 Å². The number of aromatic nitrogens is 1. The molecule has 104 valence electrons. The molecule has 1 aromatic heterocycles. The first-order valence-electron chi connectivity index (χ1n) is 6.02. The molecule has 2 unspecified atom stereocenters. The average Bonchev–Trinajstić information content (AvgIpc) is 2.84. The topological polar surface area (TPSA) is 67.3 Å². The third kappa shape index (κ3) is 3.14. The second-order valence-corrected chi connectivity index (χ2v) is 7.83. The Kier molecular flexibility index (Phi) is 4.92. The summed E-state index contributed by atoms with van der Waals surface area (Å²) in [4.78, 5) is 27.2. The lowest BCUT2D eigenvalue weighted by molar-refractivity contribution is 0.0687. The SMILES string of the molecule is CCC1SCCSC1c1nc(C(=O)O)c(C(C)=O)s1. The number of carbonyl (C=O) groups excluding carboxylic acids is 1. The first-order chi connectivity index (χ1) is 9.04. The van der Waals surface area contributed by atoms with Gasteiger partial charge < -0.3 is 5.11 Å². The molecule has 1 aliphatic rings. The number of ketones is 1. The van der Waals surface area contributed by atoms with Crippen molar-refractivity contribution in [2.75, 3.05) is 11.5 Å². The second-order valence-electron chi connectivity index (χ2n) is 4.20. The van der Waals surface area contributed by atoms with Crippen molar-refractivity contribution < 1.29 is 14.7 Å². The molecule has 0 radical (unpaired) electrons. The lowest BCUT2D eigenvalue weighted by Crippen LogP contribution is -2.18. The molecule has 1 aliphatic heterocycles. The van der Waals surface area contributed by atoms with Crippen molar-refractivity contribution in [3.05, 3.63) is 15.6 Å². The largest absolute Gasteiger partial charge is 0.476 e. The van der Waals surface area contributed by atoms with Crippen LogP contribution in [0.3, 0.4) is 0 Å². The standard InChI is InChI=1S/C12H15NO3S3/c1-3-7-10(18-5-4-17-7)11-13-8(12(15)16)9(19-11)6(2)14/h7,10H,3-5H2,1-2H3,(H,15,16). The van der Waals surface area contributed by atoms with Crippen LogP contribution < -0.4 is 0 Å². The van der Waals surface area contributed by atoms with E-state index >= 15 is 0 Å². The van der Waals surface area contributed by atoms with Crippen LogP contribution in [0.5, 0.6) is 0 Å². The van der Waals surface area contributed by atoms with E-state index in [1.807, 2.05) is 23.5 Å². The lowest BCUT2D eigenvalue weighted by atomic mass is 10.2. The molecule has 0 spiro atoms. The molecule has 0 amide bonds. The lowest BCUT2D eigenvalue weighted by Gasteiger charge is -2.28. The van der Waals surface area contributed by atoms with Crippen molar-refractivity contribution >= 4 is 46.6 Å². The van der Waals surface area contributed by atoms with Crippen molar-refractivity contribution in [1.82, 2.24) is 4.98 Å². The molecule has 0 saturated carbocycles. The van der Waals surface area contributed by atoms with Crippen LogP contribution in [-0.4, -0.2) is 38.6 Å². The molecule has 1 aromatic rings. The summed E-state index contributed by atoms with van der Waals surface area (Å²) >= 11 is 4.97. The molecule has 0 aromatic carbocycles. The zero-order valence-electron chi connectivity index (χ0n) is 10.7. The van der Waals surface area contributed by atoms with E-state index in [0.29, 0.717) is 5.25 Å². The van der Waals surface area contributed by atoms with Crippen LogP contribution in [0, 0.1) is 0 Å². The molecule has 1 N–H and O–H groups in total. The number of thioether (sulfide) groups is 2. The normalized spacial score (nSPS) is 23.3. The molecule has 4 nitrogen and oxygen atoms in total. The maximum atomic E-state index is 11.5. The molecule has 0 bridgehead atoms. The summed E-state index contributed by atoms with van der Waals surface area (Å²) in [5.41, 5.74) is -0.0847. The molecule has 19 heavy (non-hydrogen) atoms. The Bertz CT molecular complexity index is 469. The van der Waals surface area contributed by atoms with Crippen LogP contribution >= 0.6 is 34.9 Å². The van der Waals surface area contributed by atoms with Crippen LogP contribution in [0.1, 0.15) is 50.7 Å². The Hall–Kier alpha value is -0.530. The van der Waals surface area contributed by atoms with Gasteiger partial charge in [0.15, 0.2) is 11.5 Å². The highest BCUT2D eigenvalue weighted by atomic mass is 32.2. The second kappa shape index (κ2) is 6.28. The number of rotatable bonds is 4. The van der Waals surface area contributed by atoms with Crippen LogP contribution in [0.15, 0.2) is 0 Å². The Labute approximate surface area is 124 Å². The van der Waals surface area contributed by atoms with E-state index in [1.54, 1.807) is 0 Å². The number of aromatic carboxylic acids is 1. The van der Waals surface area contributed by atoms with Crippen LogP contribution in [-0.2, 0) is 0 Å². The Morgan fingerprint density at radius 2 is 2.05 bits per heavy atom. The molecule has 7 heteroatoms. The molecule has 0 aliphatic carbocycles. The van der Waals surface area contributed by atoms with Gasteiger partial charge in [-0.3, -0.25) is 4.79 Å². The Morgan fingerprint density at radius 3 is 2.58 bits per heavy atom. The fourth-order valence-electron chi connectivity index (χ4n) is 1.97. The minimum atomic E-state index is -1.12. The third-order valence-electron chi connectivity index (χ3n) is 2.86. The third-order valence-corrected chi connectivity index (χ3v) is 7.51. The van der Waals surface area contributed by atoms with Crippen molar-refractivity contribution in [2.24, 2.45) is 0 Å². The average molecular weight is 317 g/mol. The molecule has 2 rings (SSSR count). The summed E-state index contributed by atoms with van der Waals surface area (Å²) in [6.07, 6.45) is 1.03. The van der Waals surface area contributed by atoms with Crippen molar-refractivity contribution in [3.8, 4) is 0 Å². The minimum absolute atomic E-state index is 0.0847. The smallest absolute Gasteiger partial charge is 0.356 e. The minimum Gasteiger partial charge on any atom is -0.476 e. The maximum absolute atomic E-state index is 11.5. The monoisotopic (exact) mass is 317 g/mol. The van der Waals surface area contributed by atoms with E-state index in [1.165, 1.54) is 18.3 Å². The molecule has 2 atom stereocenters. The summed E-state index contributed by atoms with van der Waals surface area (Å²) in [6.45, 7) is 3.53.